The Morgan fingerprint density at radius 1 is 1.15 bits per heavy atom. The van der Waals surface area contributed by atoms with Gasteiger partial charge in [-0.25, -0.2) is 0 Å². The zero-order valence-corrected chi connectivity index (χ0v) is 12.7. The molecule has 20 heavy (non-hydrogen) atoms. The Kier molecular flexibility index (Phi) is 6.71. The minimum absolute atomic E-state index is 0.232. The second-order valence-electron chi connectivity index (χ2n) is 6.30. The van der Waals surface area contributed by atoms with Gasteiger partial charge in [-0.3, -0.25) is 9.80 Å². The molecule has 1 aliphatic heterocycles. The molecule has 5 nitrogen and oxygen atoms in total. The summed E-state index contributed by atoms with van der Waals surface area (Å²) in [5.74, 6) is 0.643. The number of ether oxygens (including phenoxy) is 1. The second-order valence-corrected chi connectivity index (χ2v) is 6.30. The molecule has 1 saturated carbocycles. The van der Waals surface area contributed by atoms with Crippen molar-refractivity contribution < 1.29 is 14.9 Å². The van der Waals surface area contributed by atoms with E-state index in [4.69, 9.17) is 9.84 Å². The summed E-state index contributed by atoms with van der Waals surface area (Å²) in [6, 6.07) is 0. The lowest BCUT2D eigenvalue weighted by molar-refractivity contribution is -0.0358. The van der Waals surface area contributed by atoms with Gasteiger partial charge in [-0.05, 0) is 18.8 Å². The lowest BCUT2D eigenvalue weighted by atomic mass is 10.1. The maximum Gasteiger partial charge on any atom is 0.0900 e. The zero-order valence-electron chi connectivity index (χ0n) is 12.7. The zero-order chi connectivity index (χ0) is 14.4. The quantitative estimate of drug-likeness (QED) is 0.698. The second kappa shape index (κ2) is 8.29. The predicted molar refractivity (Wildman–Crippen MR) is 78.7 cm³/mol. The van der Waals surface area contributed by atoms with Gasteiger partial charge in [0.05, 0.1) is 25.4 Å². The van der Waals surface area contributed by atoms with Gasteiger partial charge in [-0.2, -0.15) is 0 Å². The van der Waals surface area contributed by atoms with Crippen molar-refractivity contribution in [3.05, 3.63) is 0 Å². The number of nitrogens with zero attached hydrogens (tertiary/aromatic N) is 2. The number of hydrogen-bond donors (Lipinski definition) is 2. The lowest BCUT2D eigenvalue weighted by Gasteiger charge is -2.35. The molecular formula is C15H30N2O3. The Morgan fingerprint density at radius 2 is 1.85 bits per heavy atom. The summed E-state index contributed by atoms with van der Waals surface area (Å²) < 4.78 is 5.86. The van der Waals surface area contributed by atoms with Gasteiger partial charge < -0.3 is 14.9 Å². The topological polar surface area (TPSA) is 56.2 Å². The highest BCUT2D eigenvalue weighted by molar-refractivity contribution is 4.77. The Hall–Kier alpha value is -0.200. The van der Waals surface area contributed by atoms with Gasteiger partial charge in [0.25, 0.3) is 0 Å². The van der Waals surface area contributed by atoms with Crippen molar-refractivity contribution in [3.63, 3.8) is 0 Å². The fourth-order valence-electron chi connectivity index (χ4n) is 3.28. The van der Waals surface area contributed by atoms with Crippen molar-refractivity contribution in [2.75, 3.05) is 52.5 Å². The first kappa shape index (κ1) is 16.2. The van der Waals surface area contributed by atoms with Crippen LogP contribution in [-0.4, -0.2) is 84.7 Å². The summed E-state index contributed by atoms with van der Waals surface area (Å²) in [7, 11) is 0. The summed E-state index contributed by atoms with van der Waals surface area (Å²) in [5, 5.41) is 19.0. The molecule has 3 atom stereocenters. The molecule has 118 valence electrons. The standard InChI is InChI=1S/C15H30N2O3/c1-13-3-2-4-15(13)20-12-14(19)11-17-7-5-16(6-8-17)9-10-18/h13-15,18-19H,2-12H2,1H3/t13-,14+,15+/m0/s1. The highest BCUT2D eigenvalue weighted by Crippen LogP contribution is 2.27. The smallest absolute Gasteiger partial charge is 0.0900 e. The highest BCUT2D eigenvalue weighted by atomic mass is 16.5. The Labute approximate surface area is 122 Å². The third kappa shape index (κ3) is 4.97. The van der Waals surface area contributed by atoms with E-state index in [-0.39, 0.29) is 12.7 Å². The van der Waals surface area contributed by atoms with Crippen LogP contribution in [0.2, 0.25) is 0 Å². The Morgan fingerprint density at radius 3 is 2.45 bits per heavy atom. The average molecular weight is 286 g/mol. The van der Waals surface area contributed by atoms with E-state index in [2.05, 4.69) is 16.7 Å². The van der Waals surface area contributed by atoms with Crippen molar-refractivity contribution in [2.45, 2.75) is 38.4 Å². The predicted octanol–water partition coefficient (Wildman–Crippen LogP) is 0.162. The molecule has 2 rings (SSSR count). The van der Waals surface area contributed by atoms with E-state index in [1.807, 2.05) is 0 Å². The largest absolute Gasteiger partial charge is 0.395 e. The van der Waals surface area contributed by atoms with Crippen molar-refractivity contribution in [1.29, 1.82) is 0 Å². The summed E-state index contributed by atoms with van der Waals surface area (Å²) in [6.45, 7) is 8.30. The lowest BCUT2D eigenvalue weighted by Crippen LogP contribution is -2.49. The van der Waals surface area contributed by atoms with Gasteiger partial charge >= 0.3 is 0 Å². The third-order valence-electron chi connectivity index (χ3n) is 4.64. The van der Waals surface area contributed by atoms with Crippen LogP contribution >= 0.6 is 0 Å². The van der Waals surface area contributed by atoms with E-state index in [9.17, 15) is 5.11 Å². The summed E-state index contributed by atoms with van der Waals surface area (Å²) in [4.78, 5) is 4.56. The highest BCUT2D eigenvalue weighted by Gasteiger charge is 2.25. The molecule has 2 fully saturated rings. The number of aliphatic hydroxyl groups excluding tert-OH is 2. The van der Waals surface area contributed by atoms with Crippen LogP contribution in [-0.2, 0) is 4.74 Å². The van der Waals surface area contributed by atoms with E-state index in [1.165, 1.54) is 12.8 Å². The van der Waals surface area contributed by atoms with E-state index in [1.54, 1.807) is 0 Å². The molecule has 0 amide bonds. The molecule has 1 aliphatic carbocycles. The Balaban J connectivity index is 1.59. The molecular weight excluding hydrogens is 256 g/mol. The molecule has 1 saturated heterocycles. The molecule has 2 N–H and O–H groups in total. The number of aliphatic hydroxyl groups is 2. The number of rotatable bonds is 7. The molecule has 1 heterocycles. The van der Waals surface area contributed by atoms with Crippen LogP contribution in [0.4, 0.5) is 0 Å². The van der Waals surface area contributed by atoms with Gasteiger partial charge in [-0.15, -0.1) is 0 Å². The molecule has 0 aromatic carbocycles. The van der Waals surface area contributed by atoms with Crippen LogP contribution in [0.25, 0.3) is 0 Å². The van der Waals surface area contributed by atoms with Crippen LogP contribution in [0.3, 0.4) is 0 Å². The SMILES string of the molecule is C[C@H]1CCC[C@H]1OC[C@H](O)CN1CCN(CCO)CC1. The molecule has 0 aromatic rings. The average Bonchev–Trinajstić information content (AvgIpc) is 2.84. The minimum Gasteiger partial charge on any atom is -0.395 e. The maximum absolute atomic E-state index is 10.1. The molecule has 0 radical (unpaired) electrons. The van der Waals surface area contributed by atoms with Gasteiger partial charge in [0, 0.05) is 39.3 Å². The van der Waals surface area contributed by atoms with Crippen LogP contribution < -0.4 is 0 Å². The third-order valence-corrected chi connectivity index (χ3v) is 4.64. The van der Waals surface area contributed by atoms with Gasteiger partial charge in [0.1, 0.15) is 0 Å². The van der Waals surface area contributed by atoms with Gasteiger partial charge in [0.2, 0.25) is 0 Å². The molecule has 0 unspecified atom stereocenters. The van der Waals surface area contributed by atoms with Crippen molar-refractivity contribution in [2.24, 2.45) is 5.92 Å². The maximum atomic E-state index is 10.1. The first-order valence-electron chi connectivity index (χ1n) is 8.04. The van der Waals surface area contributed by atoms with Crippen LogP contribution in [0, 0.1) is 5.92 Å². The van der Waals surface area contributed by atoms with Crippen molar-refractivity contribution in [3.8, 4) is 0 Å². The van der Waals surface area contributed by atoms with E-state index < -0.39 is 0 Å². The summed E-state index contributed by atoms with van der Waals surface area (Å²) in [6.07, 6.45) is 3.63. The first-order chi connectivity index (χ1) is 9.69. The molecule has 0 bridgehead atoms. The minimum atomic E-state index is -0.382. The van der Waals surface area contributed by atoms with Gasteiger partial charge in [-0.1, -0.05) is 13.3 Å². The summed E-state index contributed by atoms with van der Waals surface area (Å²) >= 11 is 0. The van der Waals surface area contributed by atoms with E-state index in [0.29, 0.717) is 25.2 Å². The Bertz CT molecular complexity index is 270. The van der Waals surface area contributed by atoms with Crippen LogP contribution in [0.15, 0.2) is 0 Å². The van der Waals surface area contributed by atoms with Crippen LogP contribution in [0.5, 0.6) is 0 Å². The van der Waals surface area contributed by atoms with Gasteiger partial charge in [0.15, 0.2) is 0 Å². The summed E-state index contributed by atoms with van der Waals surface area (Å²) in [5.41, 5.74) is 0. The fraction of sp³-hybridized carbons (Fsp3) is 1.00. The number of hydrogen-bond acceptors (Lipinski definition) is 5. The molecule has 0 spiro atoms. The van der Waals surface area contributed by atoms with E-state index in [0.717, 1.165) is 39.1 Å². The monoisotopic (exact) mass is 286 g/mol. The fourth-order valence-corrected chi connectivity index (χ4v) is 3.28. The number of piperazine rings is 1. The normalized spacial score (nSPS) is 30.8. The first-order valence-corrected chi connectivity index (χ1v) is 8.04. The molecule has 0 aromatic heterocycles. The van der Waals surface area contributed by atoms with Crippen LogP contribution in [0.1, 0.15) is 26.2 Å². The molecule has 2 aliphatic rings. The molecule has 5 heteroatoms. The number of β-amino-alcohol motifs (C(OH)–C–C–N with tert-alkyl or cyclic N) is 2. The van der Waals surface area contributed by atoms with E-state index >= 15 is 0 Å². The van der Waals surface area contributed by atoms with Crippen molar-refractivity contribution >= 4 is 0 Å². The van der Waals surface area contributed by atoms with Crippen molar-refractivity contribution in [1.82, 2.24) is 9.80 Å².